The predicted octanol–water partition coefficient (Wildman–Crippen LogP) is 0.252. The molecule has 1 aliphatic heterocycles. The van der Waals surface area contributed by atoms with Gasteiger partial charge in [-0.1, -0.05) is 0 Å². The summed E-state index contributed by atoms with van der Waals surface area (Å²) in [7, 11) is -3.04. The van der Waals surface area contributed by atoms with Crippen molar-refractivity contribution in [2.75, 3.05) is 31.9 Å². The van der Waals surface area contributed by atoms with Crippen molar-refractivity contribution in [3.8, 4) is 0 Å². The molecule has 106 valence electrons. The second-order valence-corrected chi connectivity index (χ2v) is 6.98. The van der Waals surface area contributed by atoms with Gasteiger partial charge >= 0.3 is 0 Å². The van der Waals surface area contributed by atoms with Crippen LogP contribution in [-0.2, 0) is 16.6 Å². The van der Waals surface area contributed by atoms with E-state index in [9.17, 15) is 8.42 Å². The van der Waals surface area contributed by atoms with Crippen LogP contribution < -0.4 is 0 Å². The van der Waals surface area contributed by atoms with Gasteiger partial charge in [0.05, 0.1) is 17.1 Å². The molecule has 0 N–H and O–H groups in total. The molecule has 1 aliphatic rings. The molecule has 2 heterocycles. The maximum absolute atomic E-state index is 11.7. The molecule has 0 saturated carbocycles. The molecule has 1 saturated heterocycles. The maximum atomic E-state index is 11.7. The van der Waals surface area contributed by atoms with Crippen molar-refractivity contribution in [1.29, 1.82) is 0 Å². The molecule has 7 heteroatoms. The Bertz CT molecular complexity index is 507. The van der Waals surface area contributed by atoms with Crippen LogP contribution in [0.2, 0.25) is 0 Å². The third kappa shape index (κ3) is 3.71. The Hall–Kier alpha value is -1.05. The van der Waals surface area contributed by atoms with Crippen molar-refractivity contribution >= 4 is 10.0 Å². The van der Waals surface area contributed by atoms with Gasteiger partial charge in [0.1, 0.15) is 0 Å². The van der Waals surface area contributed by atoms with Gasteiger partial charge in [-0.25, -0.2) is 8.42 Å². The fourth-order valence-corrected chi connectivity index (χ4v) is 3.16. The standard InChI is InChI=1S/C12H20N4O2S/c1-3-19(17,18)16-6-4-15(5-7-16)10-12-9-13-11(2)8-14-12/h8-9H,3-7,10H2,1-2H3. The van der Waals surface area contributed by atoms with E-state index in [1.165, 1.54) is 0 Å². The first-order chi connectivity index (χ1) is 9.01. The molecule has 0 bridgehead atoms. The summed E-state index contributed by atoms with van der Waals surface area (Å²) >= 11 is 0. The molecule has 0 aromatic carbocycles. The van der Waals surface area contributed by atoms with Gasteiger partial charge < -0.3 is 0 Å². The van der Waals surface area contributed by atoms with Crippen molar-refractivity contribution in [2.24, 2.45) is 0 Å². The highest BCUT2D eigenvalue weighted by Crippen LogP contribution is 2.10. The van der Waals surface area contributed by atoms with Crippen LogP contribution in [0.5, 0.6) is 0 Å². The normalized spacial score (nSPS) is 18.6. The van der Waals surface area contributed by atoms with Gasteiger partial charge in [0.25, 0.3) is 0 Å². The van der Waals surface area contributed by atoms with Gasteiger partial charge in [0.15, 0.2) is 0 Å². The van der Waals surface area contributed by atoms with E-state index in [-0.39, 0.29) is 5.75 Å². The third-order valence-electron chi connectivity index (χ3n) is 3.31. The van der Waals surface area contributed by atoms with Crippen LogP contribution in [0.3, 0.4) is 0 Å². The summed E-state index contributed by atoms with van der Waals surface area (Å²) in [5.74, 6) is 0.177. The van der Waals surface area contributed by atoms with Crippen molar-refractivity contribution < 1.29 is 8.42 Å². The molecule has 1 fully saturated rings. The van der Waals surface area contributed by atoms with Crippen molar-refractivity contribution in [1.82, 2.24) is 19.2 Å². The third-order valence-corrected chi connectivity index (χ3v) is 5.19. The Labute approximate surface area is 114 Å². The molecule has 0 radical (unpaired) electrons. The molecular formula is C12H20N4O2S. The zero-order valence-electron chi connectivity index (χ0n) is 11.4. The van der Waals surface area contributed by atoms with Crippen LogP contribution in [0.1, 0.15) is 18.3 Å². The number of rotatable bonds is 4. The first-order valence-corrected chi connectivity index (χ1v) is 8.10. The van der Waals surface area contributed by atoms with E-state index in [4.69, 9.17) is 0 Å². The SMILES string of the molecule is CCS(=O)(=O)N1CCN(Cc2cnc(C)cn2)CC1. The number of hydrogen-bond donors (Lipinski definition) is 0. The molecular weight excluding hydrogens is 264 g/mol. The lowest BCUT2D eigenvalue weighted by Gasteiger charge is -2.33. The quantitative estimate of drug-likeness (QED) is 0.793. The molecule has 1 aromatic heterocycles. The van der Waals surface area contributed by atoms with E-state index in [2.05, 4.69) is 14.9 Å². The summed E-state index contributed by atoms with van der Waals surface area (Å²) in [5, 5.41) is 0. The summed E-state index contributed by atoms with van der Waals surface area (Å²) in [5.41, 5.74) is 1.83. The molecule has 0 unspecified atom stereocenters. The Kier molecular flexibility index (Phi) is 4.49. The molecule has 0 amide bonds. The number of piperazine rings is 1. The van der Waals surface area contributed by atoms with Gasteiger partial charge in [-0.2, -0.15) is 4.31 Å². The van der Waals surface area contributed by atoms with Crippen LogP contribution in [-0.4, -0.2) is 59.5 Å². The van der Waals surface area contributed by atoms with E-state index < -0.39 is 10.0 Å². The monoisotopic (exact) mass is 284 g/mol. The molecule has 2 rings (SSSR count). The maximum Gasteiger partial charge on any atom is 0.213 e. The van der Waals surface area contributed by atoms with E-state index in [0.717, 1.165) is 31.0 Å². The summed E-state index contributed by atoms with van der Waals surface area (Å²) < 4.78 is 25.1. The fraction of sp³-hybridized carbons (Fsp3) is 0.667. The van der Waals surface area contributed by atoms with Crippen LogP contribution in [0.4, 0.5) is 0 Å². The average molecular weight is 284 g/mol. The second kappa shape index (κ2) is 5.94. The highest BCUT2D eigenvalue weighted by atomic mass is 32.2. The predicted molar refractivity (Wildman–Crippen MR) is 73.1 cm³/mol. The van der Waals surface area contributed by atoms with E-state index in [1.807, 2.05) is 6.92 Å². The van der Waals surface area contributed by atoms with Crippen LogP contribution in [0.25, 0.3) is 0 Å². The summed E-state index contributed by atoms with van der Waals surface area (Å²) in [6, 6.07) is 0. The second-order valence-electron chi connectivity index (χ2n) is 4.72. The fourth-order valence-electron chi connectivity index (χ4n) is 2.08. The van der Waals surface area contributed by atoms with E-state index in [1.54, 1.807) is 23.6 Å². The zero-order valence-corrected chi connectivity index (χ0v) is 12.2. The van der Waals surface area contributed by atoms with Crippen molar-refractivity contribution in [2.45, 2.75) is 20.4 Å². The van der Waals surface area contributed by atoms with Gasteiger partial charge in [-0.3, -0.25) is 14.9 Å². The van der Waals surface area contributed by atoms with Crippen molar-refractivity contribution in [3.63, 3.8) is 0 Å². The van der Waals surface area contributed by atoms with Gasteiger partial charge in [0, 0.05) is 45.1 Å². The molecule has 19 heavy (non-hydrogen) atoms. The van der Waals surface area contributed by atoms with E-state index >= 15 is 0 Å². The Balaban J connectivity index is 1.89. The number of aromatic nitrogens is 2. The Morgan fingerprint density at radius 3 is 2.37 bits per heavy atom. The minimum atomic E-state index is -3.04. The molecule has 1 aromatic rings. The first-order valence-electron chi connectivity index (χ1n) is 6.49. The first kappa shape index (κ1) is 14.4. The Morgan fingerprint density at radius 2 is 1.84 bits per heavy atom. The van der Waals surface area contributed by atoms with Gasteiger partial charge in [-0.05, 0) is 13.8 Å². The van der Waals surface area contributed by atoms with Gasteiger partial charge in [-0.15, -0.1) is 0 Å². The lowest BCUT2D eigenvalue weighted by Crippen LogP contribution is -2.48. The topological polar surface area (TPSA) is 66.4 Å². The minimum absolute atomic E-state index is 0.177. The van der Waals surface area contributed by atoms with Crippen molar-refractivity contribution in [3.05, 3.63) is 23.8 Å². The number of aryl methyl sites for hydroxylation is 1. The lowest BCUT2D eigenvalue weighted by atomic mass is 10.3. The Morgan fingerprint density at radius 1 is 1.16 bits per heavy atom. The molecule has 0 spiro atoms. The lowest BCUT2D eigenvalue weighted by molar-refractivity contribution is 0.180. The average Bonchev–Trinajstić information content (AvgIpc) is 2.42. The molecule has 0 atom stereocenters. The van der Waals surface area contributed by atoms with E-state index in [0.29, 0.717) is 13.1 Å². The molecule has 6 nitrogen and oxygen atoms in total. The minimum Gasteiger partial charge on any atom is -0.295 e. The van der Waals surface area contributed by atoms with Crippen LogP contribution >= 0.6 is 0 Å². The van der Waals surface area contributed by atoms with Gasteiger partial charge in [0.2, 0.25) is 10.0 Å². The zero-order chi connectivity index (χ0) is 13.9. The van der Waals surface area contributed by atoms with Crippen LogP contribution in [0.15, 0.2) is 12.4 Å². The summed E-state index contributed by atoms with van der Waals surface area (Å²) in [6.45, 7) is 6.94. The number of sulfonamides is 1. The highest BCUT2D eigenvalue weighted by Gasteiger charge is 2.25. The summed E-state index contributed by atoms with van der Waals surface area (Å²) in [4.78, 5) is 10.7. The van der Waals surface area contributed by atoms with Crippen LogP contribution in [0, 0.1) is 6.92 Å². The smallest absolute Gasteiger partial charge is 0.213 e. The largest absolute Gasteiger partial charge is 0.295 e. The highest BCUT2D eigenvalue weighted by molar-refractivity contribution is 7.89. The number of nitrogens with zero attached hydrogens (tertiary/aromatic N) is 4. The summed E-state index contributed by atoms with van der Waals surface area (Å²) in [6.07, 6.45) is 3.54. The number of hydrogen-bond acceptors (Lipinski definition) is 5. The molecule has 0 aliphatic carbocycles.